The fraction of sp³-hybridized carbons (Fsp3) is 0.400. The van der Waals surface area contributed by atoms with E-state index in [9.17, 15) is 17.2 Å². The first-order valence-corrected chi connectivity index (χ1v) is 6.89. The van der Waals surface area contributed by atoms with Crippen LogP contribution in [0, 0.1) is 0 Å². The highest BCUT2D eigenvalue weighted by Crippen LogP contribution is 2.45. The van der Waals surface area contributed by atoms with E-state index in [1.807, 2.05) is 0 Å². The van der Waals surface area contributed by atoms with Gasteiger partial charge in [0.15, 0.2) is 11.5 Å². The molecule has 0 aromatic heterocycles. The lowest BCUT2D eigenvalue weighted by Crippen LogP contribution is -2.28. The van der Waals surface area contributed by atoms with Crippen LogP contribution in [0.4, 0.5) is 8.78 Å². The number of fused-ring (bicyclic) bond motifs is 1. The summed E-state index contributed by atoms with van der Waals surface area (Å²) in [6.45, 7) is 0.436. The molecule has 2 aliphatic heterocycles. The lowest BCUT2D eigenvalue weighted by molar-refractivity contribution is -0.287. The van der Waals surface area contributed by atoms with Crippen LogP contribution in [0.3, 0.4) is 0 Å². The maximum atomic E-state index is 13.0. The van der Waals surface area contributed by atoms with Crippen LogP contribution >= 0.6 is 0 Å². The molecule has 104 valence electrons. The monoisotopic (exact) mass is 293 g/mol. The van der Waals surface area contributed by atoms with E-state index in [1.165, 1.54) is 18.2 Å². The van der Waals surface area contributed by atoms with Crippen molar-refractivity contribution in [2.45, 2.75) is 17.6 Å². The van der Waals surface area contributed by atoms with Crippen molar-refractivity contribution in [2.75, 3.05) is 13.2 Å². The molecule has 0 aliphatic carbocycles. The van der Waals surface area contributed by atoms with Gasteiger partial charge in [0.1, 0.15) is 4.90 Å². The molecule has 0 unspecified atom stereocenters. The molecule has 6 nitrogen and oxygen atoms in total. The first-order chi connectivity index (χ1) is 8.90. The molecule has 0 spiro atoms. The highest BCUT2D eigenvalue weighted by molar-refractivity contribution is 7.89. The Labute approximate surface area is 107 Å². The summed E-state index contributed by atoms with van der Waals surface area (Å²) in [5.41, 5.74) is 0. The summed E-state index contributed by atoms with van der Waals surface area (Å²) < 4.78 is 59.7. The van der Waals surface area contributed by atoms with Gasteiger partial charge in [0.2, 0.25) is 0 Å². The van der Waals surface area contributed by atoms with Crippen molar-refractivity contribution in [3.63, 3.8) is 0 Å². The van der Waals surface area contributed by atoms with E-state index in [1.54, 1.807) is 0 Å². The van der Waals surface area contributed by atoms with Crippen molar-refractivity contribution in [3.05, 3.63) is 18.2 Å². The van der Waals surface area contributed by atoms with E-state index in [2.05, 4.69) is 9.47 Å². The minimum Gasteiger partial charge on any atom is -0.395 e. The maximum Gasteiger partial charge on any atom is 0.586 e. The van der Waals surface area contributed by atoms with Crippen molar-refractivity contribution >= 4 is 10.0 Å². The Bertz CT molecular complexity index is 612. The molecule has 3 rings (SSSR count). The number of benzene rings is 1. The lowest BCUT2D eigenvalue weighted by Gasteiger charge is -2.15. The predicted molar refractivity (Wildman–Crippen MR) is 57.1 cm³/mol. The predicted octanol–water partition coefficient (Wildman–Crippen LogP) is 1.33. The fourth-order valence-corrected chi connectivity index (χ4v) is 3.30. The number of alkyl halides is 2. The zero-order valence-corrected chi connectivity index (χ0v) is 10.3. The van der Waals surface area contributed by atoms with Gasteiger partial charge in [0.25, 0.3) is 10.0 Å². The SMILES string of the molecule is O=S(=O)(c1cccc2c1OC(F)(F)O2)N1CCCO1. The quantitative estimate of drug-likeness (QED) is 0.823. The molecule has 2 heterocycles. The number of ether oxygens (including phenoxy) is 2. The Morgan fingerprint density at radius 2 is 2.05 bits per heavy atom. The van der Waals surface area contributed by atoms with Gasteiger partial charge in [-0.05, 0) is 18.6 Å². The number of hydrogen-bond donors (Lipinski definition) is 0. The molecule has 0 N–H and O–H groups in total. The second kappa shape index (κ2) is 4.02. The number of para-hydroxylation sites is 1. The molecule has 9 heteroatoms. The largest absolute Gasteiger partial charge is 0.586 e. The smallest absolute Gasteiger partial charge is 0.395 e. The third-order valence-electron chi connectivity index (χ3n) is 2.66. The van der Waals surface area contributed by atoms with Gasteiger partial charge in [0.05, 0.1) is 6.61 Å². The maximum absolute atomic E-state index is 13.0. The van der Waals surface area contributed by atoms with Crippen LogP contribution in [0.2, 0.25) is 0 Å². The van der Waals surface area contributed by atoms with Crippen LogP contribution in [0.5, 0.6) is 11.5 Å². The van der Waals surface area contributed by atoms with E-state index < -0.39 is 27.0 Å². The van der Waals surface area contributed by atoms with Gasteiger partial charge in [-0.3, -0.25) is 4.84 Å². The van der Waals surface area contributed by atoms with E-state index >= 15 is 0 Å². The summed E-state index contributed by atoms with van der Waals surface area (Å²) in [6, 6.07) is 3.67. The van der Waals surface area contributed by atoms with Crippen LogP contribution < -0.4 is 9.47 Å². The molecule has 0 amide bonds. The highest BCUT2D eigenvalue weighted by Gasteiger charge is 2.47. The van der Waals surface area contributed by atoms with Gasteiger partial charge < -0.3 is 9.47 Å². The van der Waals surface area contributed by atoms with Gasteiger partial charge in [0, 0.05) is 6.54 Å². The van der Waals surface area contributed by atoms with Gasteiger partial charge >= 0.3 is 6.29 Å². The molecule has 19 heavy (non-hydrogen) atoms. The standard InChI is InChI=1S/C10H9F2NO5S/c11-10(12)17-7-3-1-4-8(9(7)18-10)19(14,15)13-5-2-6-16-13/h1,3-4H,2,5-6H2. The minimum absolute atomic E-state index is 0.170. The summed E-state index contributed by atoms with van der Waals surface area (Å²) in [6.07, 6.45) is -3.32. The normalized spacial score (nSPS) is 21.8. The Morgan fingerprint density at radius 3 is 2.74 bits per heavy atom. The van der Waals surface area contributed by atoms with Gasteiger partial charge in [-0.2, -0.15) is 0 Å². The summed E-state index contributed by atoms with van der Waals surface area (Å²) in [7, 11) is -4.04. The van der Waals surface area contributed by atoms with Crippen molar-refractivity contribution in [2.24, 2.45) is 0 Å². The Morgan fingerprint density at radius 1 is 1.26 bits per heavy atom. The number of nitrogens with zero attached hydrogens (tertiary/aromatic N) is 1. The van der Waals surface area contributed by atoms with Crippen LogP contribution in [-0.2, 0) is 14.9 Å². The minimum atomic E-state index is -4.04. The average molecular weight is 293 g/mol. The third-order valence-corrected chi connectivity index (χ3v) is 4.36. The molecule has 0 bridgehead atoms. The van der Waals surface area contributed by atoms with Crippen molar-refractivity contribution in [1.82, 2.24) is 4.47 Å². The van der Waals surface area contributed by atoms with E-state index in [0.29, 0.717) is 6.42 Å². The Hall–Kier alpha value is -1.45. The van der Waals surface area contributed by atoms with Crippen LogP contribution in [0.15, 0.2) is 23.1 Å². The topological polar surface area (TPSA) is 65.1 Å². The first-order valence-electron chi connectivity index (χ1n) is 5.45. The average Bonchev–Trinajstić information content (AvgIpc) is 2.92. The zero-order chi connectivity index (χ0) is 13.7. The third kappa shape index (κ3) is 2.03. The highest BCUT2D eigenvalue weighted by atomic mass is 32.2. The van der Waals surface area contributed by atoms with Crippen LogP contribution in [0.1, 0.15) is 6.42 Å². The molecule has 1 aromatic rings. The first kappa shape index (κ1) is 12.6. The van der Waals surface area contributed by atoms with Crippen LogP contribution in [0.25, 0.3) is 0 Å². The number of rotatable bonds is 2. The molecule has 1 aromatic carbocycles. The summed E-state index contributed by atoms with van der Waals surface area (Å²) in [5.74, 6) is -0.812. The van der Waals surface area contributed by atoms with E-state index in [0.717, 1.165) is 4.47 Å². The van der Waals surface area contributed by atoms with Crippen LogP contribution in [-0.4, -0.2) is 32.3 Å². The number of hydrogen-bond acceptors (Lipinski definition) is 5. The molecule has 0 saturated carbocycles. The van der Waals surface area contributed by atoms with E-state index in [-0.39, 0.29) is 18.9 Å². The zero-order valence-electron chi connectivity index (χ0n) is 9.51. The van der Waals surface area contributed by atoms with Crippen molar-refractivity contribution in [1.29, 1.82) is 0 Å². The van der Waals surface area contributed by atoms with Gasteiger partial charge in [-0.1, -0.05) is 10.5 Å². The lowest BCUT2D eigenvalue weighted by atomic mass is 10.3. The fourth-order valence-electron chi connectivity index (χ4n) is 1.87. The summed E-state index contributed by atoms with van der Waals surface area (Å²) >= 11 is 0. The Balaban J connectivity index is 2.06. The molecular weight excluding hydrogens is 284 g/mol. The Kier molecular flexibility index (Phi) is 2.66. The van der Waals surface area contributed by atoms with Gasteiger partial charge in [-0.25, -0.2) is 8.42 Å². The molecular formula is C10H9F2NO5S. The molecule has 1 fully saturated rings. The summed E-state index contributed by atoms with van der Waals surface area (Å²) in [4.78, 5) is 4.55. The molecule has 0 radical (unpaired) electrons. The molecule has 0 atom stereocenters. The molecule has 1 saturated heterocycles. The van der Waals surface area contributed by atoms with E-state index in [4.69, 9.17) is 4.84 Å². The van der Waals surface area contributed by atoms with Crippen molar-refractivity contribution in [3.8, 4) is 11.5 Å². The second-order valence-electron chi connectivity index (χ2n) is 3.97. The van der Waals surface area contributed by atoms with Crippen molar-refractivity contribution < 1.29 is 31.5 Å². The molecule has 2 aliphatic rings. The van der Waals surface area contributed by atoms with Gasteiger partial charge in [-0.15, -0.1) is 8.78 Å². The number of halogens is 2. The summed E-state index contributed by atoms with van der Waals surface area (Å²) in [5, 5.41) is 0. The number of sulfonamides is 1. The number of hydroxylamine groups is 1. The second-order valence-corrected chi connectivity index (χ2v) is 5.77.